The maximum atomic E-state index is 12.4. The molecule has 0 aliphatic heterocycles. The monoisotopic (exact) mass is 286 g/mol. The van der Waals surface area contributed by atoms with Gasteiger partial charge in [-0.25, -0.2) is 0 Å². The predicted octanol–water partition coefficient (Wildman–Crippen LogP) is 3.03. The van der Waals surface area contributed by atoms with Crippen LogP contribution in [0.4, 0.5) is 0 Å². The van der Waals surface area contributed by atoms with Crippen LogP contribution in [0.1, 0.15) is 45.1 Å². The van der Waals surface area contributed by atoms with Crippen LogP contribution < -0.4 is 5.32 Å². The minimum atomic E-state index is -0.327. The minimum absolute atomic E-state index is 0.0450. The first kappa shape index (κ1) is 15.2. The molecular weight excluding hydrogens is 264 g/mol. The van der Waals surface area contributed by atoms with Crippen molar-refractivity contribution < 1.29 is 4.79 Å². The zero-order valence-corrected chi connectivity index (χ0v) is 13.2. The molecule has 0 aromatic carbocycles. The average Bonchev–Trinajstić information content (AvgIpc) is 2.87. The van der Waals surface area contributed by atoms with Crippen LogP contribution in [0.2, 0.25) is 0 Å². The first-order valence-electron chi connectivity index (χ1n) is 6.99. The molecule has 2 aromatic rings. The van der Waals surface area contributed by atoms with E-state index in [1.54, 1.807) is 18.5 Å². The molecule has 0 fully saturated rings. The van der Waals surface area contributed by atoms with Crippen molar-refractivity contribution in [3.8, 4) is 11.3 Å². The number of amides is 1. The lowest BCUT2D eigenvalue weighted by molar-refractivity contribution is 0.0824. The largest absolute Gasteiger partial charge is 0.345 e. The van der Waals surface area contributed by atoms with Crippen molar-refractivity contribution in [2.45, 2.75) is 40.2 Å². The van der Waals surface area contributed by atoms with E-state index >= 15 is 0 Å². The van der Waals surface area contributed by atoms with Crippen molar-refractivity contribution in [2.24, 2.45) is 5.41 Å². The molecule has 0 saturated carbocycles. The number of hydrogen-bond acceptors (Lipinski definition) is 3. The van der Waals surface area contributed by atoms with Crippen molar-refractivity contribution in [3.63, 3.8) is 0 Å². The number of pyridine rings is 1. The molecule has 0 bridgehead atoms. The van der Waals surface area contributed by atoms with Gasteiger partial charge in [0.1, 0.15) is 5.69 Å². The average molecular weight is 286 g/mol. The predicted molar refractivity (Wildman–Crippen MR) is 82.8 cm³/mol. The summed E-state index contributed by atoms with van der Waals surface area (Å²) in [6, 6.07) is 5.47. The second kappa shape index (κ2) is 5.31. The molecule has 0 spiro atoms. The first-order valence-corrected chi connectivity index (χ1v) is 6.99. The number of nitrogens with zero attached hydrogens (tertiary/aromatic N) is 2. The molecule has 0 atom stereocenters. The summed E-state index contributed by atoms with van der Waals surface area (Å²) in [5.74, 6) is -0.150. The molecule has 0 saturated heterocycles. The van der Waals surface area contributed by atoms with Gasteiger partial charge in [-0.1, -0.05) is 20.8 Å². The van der Waals surface area contributed by atoms with Gasteiger partial charge in [0.15, 0.2) is 0 Å². The van der Waals surface area contributed by atoms with Crippen molar-refractivity contribution >= 4 is 5.91 Å². The van der Waals surface area contributed by atoms with E-state index in [2.05, 4.69) is 41.3 Å². The van der Waals surface area contributed by atoms with Crippen LogP contribution in [0.5, 0.6) is 0 Å². The lowest BCUT2D eigenvalue weighted by Gasteiger charge is -2.39. The fourth-order valence-electron chi connectivity index (χ4n) is 1.65. The van der Waals surface area contributed by atoms with Crippen molar-refractivity contribution in [3.05, 3.63) is 36.3 Å². The Labute approximate surface area is 125 Å². The number of hydrogen-bond donors (Lipinski definition) is 2. The Balaban J connectivity index is 2.17. The zero-order valence-electron chi connectivity index (χ0n) is 13.2. The minimum Gasteiger partial charge on any atom is -0.345 e. The third kappa shape index (κ3) is 3.29. The van der Waals surface area contributed by atoms with Gasteiger partial charge >= 0.3 is 0 Å². The fourth-order valence-corrected chi connectivity index (χ4v) is 1.65. The maximum Gasteiger partial charge on any atom is 0.269 e. The SMILES string of the molecule is CC(C)(C)C(C)(C)NC(=O)c1cc(-c2ccncc2)n[nH]1. The molecule has 2 aromatic heterocycles. The molecule has 2 N–H and O–H groups in total. The van der Waals surface area contributed by atoms with E-state index in [1.165, 1.54) is 0 Å². The Morgan fingerprint density at radius 1 is 1.14 bits per heavy atom. The van der Waals surface area contributed by atoms with Crippen LogP contribution in [0, 0.1) is 5.41 Å². The number of carbonyl (C=O) groups is 1. The quantitative estimate of drug-likeness (QED) is 0.911. The lowest BCUT2D eigenvalue weighted by atomic mass is 9.76. The molecule has 1 amide bonds. The Kier molecular flexibility index (Phi) is 3.85. The summed E-state index contributed by atoms with van der Waals surface area (Å²) in [6.45, 7) is 10.3. The highest BCUT2D eigenvalue weighted by atomic mass is 16.2. The van der Waals surface area contributed by atoms with Gasteiger partial charge in [-0.05, 0) is 37.5 Å². The third-order valence-corrected chi connectivity index (χ3v) is 4.10. The number of carbonyl (C=O) groups excluding carboxylic acids is 1. The van der Waals surface area contributed by atoms with Crippen LogP contribution in [0.25, 0.3) is 11.3 Å². The number of aromatic amines is 1. The van der Waals surface area contributed by atoms with E-state index in [4.69, 9.17) is 0 Å². The highest BCUT2D eigenvalue weighted by molar-refractivity contribution is 5.93. The van der Waals surface area contributed by atoms with E-state index in [-0.39, 0.29) is 16.9 Å². The zero-order chi connectivity index (χ0) is 15.7. The Bertz CT molecular complexity index is 623. The number of nitrogens with one attached hydrogen (secondary N) is 2. The van der Waals surface area contributed by atoms with Crippen LogP contribution in [0.15, 0.2) is 30.6 Å². The maximum absolute atomic E-state index is 12.4. The van der Waals surface area contributed by atoms with Crippen molar-refractivity contribution in [1.29, 1.82) is 0 Å². The molecule has 5 nitrogen and oxygen atoms in total. The second-order valence-electron chi connectivity index (χ2n) is 6.73. The van der Waals surface area contributed by atoms with E-state index in [0.29, 0.717) is 5.69 Å². The van der Waals surface area contributed by atoms with Crippen LogP contribution in [0.3, 0.4) is 0 Å². The smallest absolute Gasteiger partial charge is 0.269 e. The summed E-state index contributed by atoms with van der Waals surface area (Å²) < 4.78 is 0. The Hall–Kier alpha value is -2.17. The standard InChI is InChI=1S/C16H22N4O/c1-15(2,3)16(4,5)18-14(21)13-10-12(19-20-13)11-6-8-17-9-7-11/h6-10H,1-5H3,(H,18,21)(H,19,20). The highest BCUT2D eigenvalue weighted by Crippen LogP contribution is 2.29. The molecule has 0 aliphatic rings. The Morgan fingerprint density at radius 2 is 1.76 bits per heavy atom. The van der Waals surface area contributed by atoms with Gasteiger partial charge < -0.3 is 5.32 Å². The number of rotatable bonds is 3. The van der Waals surface area contributed by atoms with E-state index in [9.17, 15) is 4.79 Å². The second-order valence-corrected chi connectivity index (χ2v) is 6.73. The number of aromatic nitrogens is 3. The first-order chi connectivity index (χ1) is 9.71. The molecule has 0 radical (unpaired) electrons. The normalized spacial score (nSPS) is 12.2. The van der Waals surface area contributed by atoms with E-state index in [0.717, 1.165) is 11.3 Å². The van der Waals surface area contributed by atoms with Gasteiger partial charge in [-0.15, -0.1) is 0 Å². The highest BCUT2D eigenvalue weighted by Gasteiger charge is 2.34. The summed E-state index contributed by atoms with van der Waals surface area (Å²) in [6.07, 6.45) is 3.40. The summed E-state index contributed by atoms with van der Waals surface area (Å²) in [5, 5.41) is 10.0. The number of H-pyrrole nitrogens is 1. The van der Waals surface area contributed by atoms with Crippen LogP contribution in [-0.4, -0.2) is 26.6 Å². The third-order valence-electron chi connectivity index (χ3n) is 4.10. The van der Waals surface area contributed by atoms with E-state index in [1.807, 2.05) is 26.0 Å². The van der Waals surface area contributed by atoms with Gasteiger partial charge in [0.25, 0.3) is 5.91 Å². The summed E-state index contributed by atoms with van der Waals surface area (Å²) in [7, 11) is 0. The topological polar surface area (TPSA) is 70.7 Å². The fraction of sp³-hybridized carbons (Fsp3) is 0.438. The Morgan fingerprint density at radius 3 is 2.33 bits per heavy atom. The lowest BCUT2D eigenvalue weighted by Crippen LogP contribution is -2.52. The summed E-state index contributed by atoms with van der Waals surface area (Å²) in [4.78, 5) is 16.3. The molecule has 0 aliphatic carbocycles. The molecular formula is C16H22N4O. The molecule has 5 heteroatoms. The van der Waals surface area contributed by atoms with E-state index < -0.39 is 0 Å². The molecule has 2 heterocycles. The molecule has 2 rings (SSSR count). The van der Waals surface area contributed by atoms with Gasteiger partial charge in [0.05, 0.1) is 5.69 Å². The summed E-state index contributed by atoms with van der Waals surface area (Å²) in [5.41, 5.74) is 1.74. The van der Waals surface area contributed by atoms with Crippen molar-refractivity contribution in [2.75, 3.05) is 0 Å². The van der Waals surface area contributed by atoms with Crippen LogP contribution >= 0.6 is 0 Å². The molecule has 112 valence electrons. The summed E-state index contributed by atoms with van der Waals surface area (Å²) >= 11 is 0. The van der Waals surface area contributed by atoms with Gasteiger partial charge in [-0.3, -0.25) is 14.9 Å². The van der Waals surface area contributed by atoms with Gasteiger partial charge in [0, 0.05) is 23.5 Å². The van der Waals surface area contributed by atoms with Gasteiger partial charge in [0.2, 0.25) is 0 Å². The van der Waals surface area contributed by atoms with Gasteiger partial charge in [-0.2, -0.15) is 5.10 Å². The van der Waals surface area contributed by atoms with Crippen LogP contribution in [-0.2, 0) is 0 Å². The molecule has 21 heavy (non-hydrogen) atoms. The van der Waals surface area contributed by atoms with Crippen molar-refractivity contribution in [1.82, 2.24) is 20.5 Å². The molecule has 0 unspecified atom stereocenters.